The van der Waals surface area contributed by atoms with E-state index in [-0.39, 0.29) is 28.7 Å². The van der Waals surface area contributed by atoms with E-state index in [1.165, 1.54) is 6.07 Å². The molecule has 0 heterocycles. The monoisotopic (exact) mass is 266 g/mol. The molecule has 7 heteroatoms. The third-order valence-corrected chi connectivity index (χ3v) is 3.02. The molecule has 0 amide bonds. The lowest BCUT2D eigenvalue weighted by Crippen LogP contribution is -2.15. The number of nitrogens with two attached hydrogens (primary N) is 1. The smallest absolute Gasteiger partial charge is 0.149 e. The van der Waals surface area contributed by atoms with E-state index in [1.54, 1.807) is 0 Å². The molecule has 0 spiro atoms. The van der Waals surface area contributed by atoms with Gasteiger partial charge in [0, 0.05) is 17.8 Å². The van der Waals surface area contributed by atoms with E-state index < -0.39 is 15.7 Å². The maximum Gasteiger partial charge on any atom is 0.149 e. The van der Waals surface area contributed by atoms with Crippen molar-refractivity contribution in [3.8, 4) is 0 Å². The first-order chi connectivity index (χ1) is 7.29. The number of halogens is 2. The van der Waals surface area contributed by atoms with Crippen molar-refractivity contribution in [2.24, 2.45) is 0 Å². The lowest BCUT2D eigenvalue weighted by Gasteiger charge is -2.10. The van der Waals surface area contributed by atoms with Gasteiger partial charge in [-0.2, -0.15) is 0 Å². The molecule has 0 aliphatic heterocycles. The highest BCUT2D eigenvalue weighted by Gasteiger charge is 2.09. The zero-order chi connectivity index (χ0) is 12.3. The third kappa shape index (κ3) is 3.86. The molecular formula is C9H12ClFN2O2S. The minimum Gasteiger partial charge on any atom is -0.397 e. The minimum absolute atomic E-state index is 0.0769. The van der Waals surface area contributed by atoms with Crippen LogP contribution in [0, 0.1) is 5.82 Å². The molecule has 3 N–H and O–H groups in total. The molecule has 0 aliphatic carbocycles. The summed E-state index contributed by atoms with van der Waals surface area (Å²) in [5.41, 5.74) is 5.76. The van der Waals surface area contributed by atoms with Gasteiger partial charge in [-0.25, -0.2) is 12.8 Å². The van der Waals surface area contributed by atoms with Gasteiger partial charge in [-0.15, -0.1) is 0 Å². The van der Waals surface area contributed by atoms with Gasteiger partial charge < -0.3 is 11.1 Å². The number of nitrogen functional groups attached to an aromatic ring is 1. The number of hydrogen-bond acceptors (Lipinski definition) is 4. The number of hydrogen-bond donors (Lipinski definition) is 2. The number of nitrogens with one attached hydrogen (secondary N) is 1. The van der Waals surface area contributed by atoms with E-state index in [2.05, 4.69) is 5.32 Å². The van der Waals surface area contributed by atoms with Crippen LogP contribution in [0.3, 0.4) is 0 Å². The highest BCUT2D eigenvalue weighted by atomic mass is 35.5. The molecule has 0 saturated heterocycles. The number of rotatable bonds is 4. The van der Waals surface area contributed by atoms with Crippen LogP contribution >= 0.6 is 11.6 Å². The number of anilines is 2. The summed E-state index contributed by atoms with van der Waals surface area (Å²) in [6.07, 6.45) is 1.11. The molecule has 0 saturated carbocycles. The van der Waals surface area contributed by atoms with E-state index in [0.29, 0.717) is 0 Å². The molecule has 0 aromatic heterocycles. The summed E-state index contributed by atoms with van der Waals surface area (Å²) in [5.74, 6) is -0.687. The Morgan fingerprint density at radius 2 is 2.12 bits per heavy atom. The first-order valence-electron chi connectivity index (χ1n) is 4.46. The minimum atomic E-state index is -3.08. The van der Waals surface area contributed by atoms with Gasteiger partial charge >= 0.3 is 0 Å². The van der Waals surface area contributed by atoms with Crippen LogP contribution < -0.4 is 11.1 Å². The molecule has 0 unspecified atom stereocenters. The van der Waals surface area contributed by atoms with Crippen molar-refractivity contribution >= 4 is 32.8 Å². The summed E-state index contributed by atoms with van der Waals surface area (Å²) in [7, 11) is -3.08. The first kappa shape index (κ1) is 13.1. The van der Waals surface area contributed by atoms with Gasteiger partial charge in [0.05, 0.1) is 17.1 Å². The maximum atomic E-state index is 13.4. The van der Waals surface area contributed by atoms with Crippen LogP contribution in [-0.4, -0.2) is 27.0 Å². The molecule has 0 atom stereocenters. The molecule has 1 rings (SSSR count). The van der Waals surface area contributed by atoms with Crippen molar-refractivity contribution in [3.05, 3.63) is 23.0 Å². The molecule has 4 nitrogen and oxygen atoms in total. The Bertz CT molecular complexity index is 467. The van der Waals surface area contributed by atoms with Gasteiger partial charge in [0.2, 0.25) is 0 Å². The Hall–Kier alpha value is -1.01. The van der Waals surface area contributed by atoms with E-state index in [0.717, 1.165) is 12.3 Å². The third-order valence-electron chi connectivity index (χ3n) is 1.86. The fraction of sp³-hybridized carbons (Fsp3) is 0.333. The fourth-order valence-electron chi connectivity index (χ4n) is 1.14. The molecule has 0 aliphatic rings. The number of sulfone groups is 1. The average Bonchev–Trinajstić information content (AvgIpc) is 2.07. The van der Waals surface area contributed by atoms with E-state index in [1.807, 2.05) is 0 Å². The predicted octanol–water partition coefficient (Wildman–Crippen LogP) is 1.52. The van der Waals surface area contributed by atoms with Gasteiger partial charge in [0.25, 0.3) is 0 Å². The SMILES string of the molecule is CS(=O)(=O)CCNc1c(N)cc(Cl)cc1F. The van der Waals surface area contributed by atoms with Gasteiger partial charge in [-0.3, -0.25) is 0 Å². The second-order valence-corrected chi connectivity index (χ2v) is 6.10. The normalized spacial score (nSPS) is 11.4. The van der Waals surface area contributed by atoms with Crippen LogP contribution in [0.5, 0.6) is 0 Å². The predicted molar refractivity (Wildman–Crippen MR) is 64.0 cm³/mol. The van der Waals surface area contributed by atoms with Gasteiger partial charge in [-0.05, 0) is 12.1 Å². The van der Waals surface area contributed by atoms with Gasteiger partial charge in [0.1, 0.15) is 15.7 Å². The highest BCUT2D eigenvalue weighted by molar-refractivity contribution is 7.90. The number of benzene rings is 1. The summed E-state index contributed by atoms with van der Waals surface area (Å²) in [6, 6.07) is 2.51. The Morgan fingerprint density at radius 3 is 2.62 bits per heavy atom. The Kier molecular flexibility index (Phi) is 3.98. The quantitative estimate of drug-likeness (QED) is 0.811. The summed E-state index contributed by atoms with van der Waals surface area (Å²) >= 11 is 5.59. The molecule has 0 fully saturated rings. The Balaban J connectivity index is 2.75. The van der Waals surface area contributed by atoms with Crippen LogP contribution in [-0.2, 0) is 9.84 Å². The van der Waals surface area contributed by atoms with Crippen molar-refractivity contribution in [3.63, 3.8) is 0 Å². The molecule has 0 bridgehead atoms. The van der Waals surface area contributed by atoms with Crippen molar-refractivity contribution in [1.82, 2.24) is 0 Å². The lowest BCUT2D eigenvalue weighted by atomic mass is 10.2. The zero-order valence-corrected chi connectivity index (χ0v) is 10.2. The fourth-order valence-corrected chi connectivity index (χ4v) is 1.83. The molecular weight excluding hydrogens is 255 g/mol. The van der Waals surface area contributed by atoms with Crippen LogP contribution in [0.2, 0.25) is 5.02 Å². The largest absolute Gasteiger partial charge is 0.397 e. The topological polar surface area (TPSA) is 72.2 Å². The van der Waals surface area contributed by atoms with Crippen molar-refractivity contribution in [2.45, 2.75) is 0 Å². The lowest BCUT2D eigenvalue weighted by molar-refractivity contribution is 0.601. The molecule has 0 radical (unpaired) electrons. The second-order valence-electron chi connectivity index (χ2n) is 3.41. The molecule has 1 aromatic rings. The molecule has 90 valence electrons. The van der Waals surface area contributed by atoms with Crippen LogP contribution in [0.15, 0.2) is 12.1 Å². The van der Waals surface area contributed by atoms with E-state index >= 15 is 0 Å². The maximum absolute atomic E-state index is 13.4. The standard InChI is InChI=1S/C9H12ClFN2O2S/c1-16(14,15)3-2-13-9-7(11)4-6(10)5-8(9)12/h4-5,13H,2-3,12H2,1H3. The van der Waals surface area contributed by atoms with Crippen LogP contribution in [0.1, 0.15) is 0 Å². The van der Waals surface area contributed by atoms with E-state index in [9.17, 15) is 12.8 Å². The summed E-state index contributed by atoms with van der Waals surface area (Å²) in [4.78, 5) is 0. The van der Waals surface area contributed by atoms with Crippen molar-refractivity contribution < 1.29 is 12.8 Å². The van der Waals surface area contributed by atoms with Crippen LogP contribution in [0.4, 0.5) is 15.8 Å². The van der Waals surface area contributed by atoms with Gasteiger partial charge in [0.15, 0.2) is 0 Å². The summed E-state index contributed by atoms with van der Waals surface area (Å²) in [6.45, 7) is 0.0988. The highest BCUT2D eigenvalue weighted by Crippen LogP contribution is 2.26. The Labute approximate surface area is 98.5 Å². The molecule has 16 heavy (non-hydrogen) atoms. The van der Waals surface area contributed by atoms with Crippen molar-refractivity contribution in [1.29, 1.82) is 0 Å². The average molecular weight is 267 g/mol. The Morgan fingerprint density at radius 1 is 1.50 bits per heavy atom. The first-order valence-corrected chi connectivity index (χ1v) is 6.89. The second kappa shape index (κ2) is 4.88. The molecule has 1 aromatic carbocycles. The van der Waals surface area contributed by atoms with Gasteiger partial charge in [-0.1, -0.05) is 11.6 Å². The summed E-state index contributed by atoms with van der Waals surface area (Å²) in [5, 5.41) is 2.83. The van der Waals surface area contributed by atoms with Crippen molar-refractivity contribution in [2.75, 3.05) is 29.6 Å². The van der Waals surface area contributed by atoms with Crippen LogP contribution in [0.25, 0.3) is 0 Å². The summed E-state index contributed by atoms with van der Waals surface area (Å²) < 4.78 is 35.1. The van der Waals surface area contributed by atoms with E-state index in [4.69, 9.17) is 17.3 Å². The zero-order valence-electron chi connectivity index (χ0n) is 8.63.